The molecule has 0 saturated heterocycles. The van der Waals surface area contributed by atoms with Crippen molar-refractivity contribution in [2.24, 2.45) is 11.8 Å². The number of nitrogens with one attached hydrogen (secondary N) is 1. The zero-order valence-electron chi connectivity index (χ0n) is 11.5. The maximum Gasteiger partial charge on any atom is 0.318 e. The highest BCUT2D eigenvalue weighted by molar-refractivity contribution is 5.76. The maximum absolute atomic E-state index is 12.2. The molecule has 0 bridgehead atoms. The molecule has 5 heteroatoms. The molecule has 5 nitrogen and oxygen atoms in total. The highest BCUT2D eigenvalue weighted by Gasteiger charge is 2.30. The first-order valence-electron chi connectivity index (χ1n) is 6.95. The van der Waals surface area contributed by atoms with Crippen LogP contribution in [0.3, 0.4) is 0 Å². The minimum absolute atomic E-state index is 0.0809. The molecule has 2 N–H and O–H groups in total. The lowest BCUT2D eigenvalue weighted by atomic mass is 10.1. The van der Waals surface area contributed by atoms with E-state index in [0.717, 1.165) is 6.54 Å². The molecule has 0 spiro atoms. The molecule has 2 aliphatic rings. The lowest BCUT2D eigenvalue weighted by molar-refractivity contribution is -0.140. The van der Waals surface area contributed by atoms with Crippen molar-refractivity contribution >= 4 is 12.0 Å². The molecule has 2 aliphatic carbocycles. The molecule has 1 saturated carbocycles. The molecule has 19 heavy (non-hydrogen) atoms. The summed E-state index contributed by atoms with van der Waals surface area (Å²) in [5.41, 5.74) is 0. The predicted octanol–water partition coefficient (Wildman–Crippen LogP) is 1.85. The van der Waals surface area contributed by atoms with Gasteiger partial charge in [-0.05, 0) is 39.0 Å². The van der Waals surface area contributed by atoms with E-state index < -0.39 is 11.9 Å². The van der Waals surface area contributed by atoms with E-state index in [1.807, 2.05) is 18.7 Å². The molecule has 0 aromatic carbocycles. The van der Waals surface area contributed by atoms with E-state index in [9.17, 15) is 9.59 Å². The Balaban J connectivity index is 1.85. The lowest BCUT2D eigenvalue weighted by Gasteiger charge is -2.28. The number of nitrogens with zero attached hydrogens (tertiary/aromatic N) is 1. The van der Waals surface area contributed by atoms with Crippen LogP contribution in [0.1, 0.15) is 33.1 Å². The first-order valence-corrected chi connectivity index (χ1v) is 6.95. The summed E-state index contributed by atoms with van der Waals surface area (Å²) in [5, 5.41) is 11.8. The van der Waals surface area contributed by atoms with Crippen LogP contribution in [0.2, 0.25) is 0 Å². The van der Waals surface area contributed by atoms with Gasteiger partial charge in [-0.1, -0.05) is 12.2 Å². The van der Waals surface area contributed by atoms with Gasteiger partial charge in [-0.3, -0.25) is 4.79 Å². The van der Waals surface area contributed by atoms with E-state index in [0.29, 0.717) is 12.3 Å². The highest BCUT2D eigenvalue weighted by Crippen LogP contribution is 2.30. The SMILES string of the molecule is CC(C)N(CC1CC1)C(=O)NC1C=CC(C(=O)O)C1. The van der Waals surface area contributed by atoms with E-state index >= 15 is 0 Å². The van der Waals surface area contributed by atoms with E-state index in [2.05, 4.69) is 5.32 Å². The summed E-state index contributed by atoms with van der Waals surface area (Å²) in [4.78, 5) is 24.9. The third kappa shape index (κ3) is 3.72. The van der Waals surface area contributed by atoms with Crippen molar-refractivity contribution < 1.29 is 14.7 Å². The minimum Gasteiger partial charge on any atom is -0.481 e. The van der Waals surface area contributed by atoms with Crippen molar-refractivity contribution in [2.75, 3.05) is 6.54 Å². The Morgan fingerprint density at radius 3 is 2.53 bits per heavy atom. The Hall–Kier alpha value is -1.52. The van der Waals surface area contributed by atoms with Crippen LogP contribution in [0.15, 0.2) is 12.2 Å². The second-order valence-electron chi connectivity index (χ2n) is 5.81. The van der Waals surface area contributed by atoms with Crippen molar-refractivity contribution in [1.82, 2.24) is 10.2 Å². The number of amides is 2. The van der Waals surface area contributed by atoms with Crippen molar-refractivity contribution in [3.8, 4) is 0 Å². The normalized spacial score (nSPS) is 25.6. The van der Waals surface area contributed by atoms with Gasteiger partial charge in [0.05, 0.1) is 12.0 Å². The molecule has 2 unspecified atom stereocenters. The molecule has 0 radical (unpaired) electrons. The first kappa shape index (κ1) is 13.9. The zero-order valence-corrected chi connectivity index (χ0v) is 11.5. The molecule has 2 atom stereocenters. The summed E-state index contributed by atoms with van der Waals surface area (Å²) < 4.78 is 0. The van der Waals surface area contributed by atoms with Gasteiger partial charge in [-0.25, -0.2) is 4.79 Å². The summed E-state index contributed by atoms with van der Waals surface area (Å²) in [5.74, 6) is -0.646. The van der Waals surface area contributed by atoms with Crippen LogP contribution < -0.4 is 5.32 Å². The third-order valence-electron chi connectivity index (χ3n) is 3.75. The molecule has 0 heterocycles. The molecule has 2 rings (SSSR count). The monoisotopic (exact) mass is 266 g/mol. The molecular formula is C14H22N2O3. The van der Waals surface area contributed by atoms with Crippen LogP contribution in [-0.4, -0.2) is 40.6 Å². The lowest BCUT2D eigenvalue weighted by Crippen LogP contribution is -2.47. The number of hydrogen-bond donors (Lipinski definition) is 2. The zero-order chi connectivity index (χ0) is 14.0. The second-order valence-corrected chi connectivity index (χ2v) is 5.81. The smallest absolute Gasteiger partial charge is 0.318 e. The minimum atomic E-state index is -0.827. The molecule has 2 amide bonds. The standard InChI is InChI=1S/C14H22N2O3/c1-9(2)16(8-10-3-4-10)14(19)15-12-6-5-11(7-12)13(17)18/h5-6,9-12H,3-4,7-8H2,1-2H3,(H,15,19)(H,17,18). The summed E-state index contributed by atoms with van der Waals surface area (Å²) >= 11 is 0. The van der Waals surface area contributed by atoms with Crippen LogP contribution in [0.5, 0.6) is 0 Å². The molecule has 0 aromatic heterocycles. The van der Waals surface area contributed by atoms with Crippen LogP contribution in [0.25, 0.3) is 0 Å². The molecule has 106 valence electrons. The van der Waals surface area contributed by atoms with Gasteiger partial charge in [-0.15, -0.1) is 0 Å². The Morgan fingerprint density at radius 2 is 2.05 bits per heavy atom. The first-order chi connectivity index (χ1) is 8.97. The van der Waals surface area contributed by atoms with Gasteiger partial charge in [0.2, 0.25) is 0 Å². The van der Waals surface area contributed by atoms with Gasteiger partial charge >= 0.3 is 12.0 Å². The largest absolute Gasteiger partial charge is 0.481 e. The average molecular weight is 266 g/mol. The molecule has 0 aliphatic heterocycles. The Kier molecular flexibility index (Phi) is 4.12. The number of carbonyl (C=O) groups is 2. The van der Waals surface area contributed by atoms with E-state index in [1.165, 1.54) is 12.8 Å². The van der Waals surface area contributed by atoms with Gasteiger partial charge in [-0.2, -0.15) is 0 Å². The molecular weight excluding hydrogens is 244 g/mol. The highest BCUT2D eigenvalue weighted by atomic mass is 16.4. The van der Waals surface area contributed by atoms with Gasteiger partial charge in [0, 0.05) is 12.6 Å². The average Bonchev–Trinajstić information content (AvgIpc) is 3.03. The fourth-order valence-corrected chi connectivity index (χ4v) is 2.34. The van der Waals surface area contributed by atoms with Crippen LogP contribution in [0.4, 0.5) is 4.79 Å². The Labute approximate surface area is 113 Å². The number of hydrogen-bond acceptors (Lipinski definition) is 2. The topological polar surface area (TPSA) is 69.6 Å². The Bertz CT molecular complexity index is 388. The summed E-state index contributed by atoms with van der Waals surface area (Å²) in [7, 11) is 0. The van der Waals surface area contributed by atoms with Gasteiger partial charge < -0.3 is 15.3 Å². The second kappa shape index (κ2) is 5.63. The molecule has 0 aromatic rings. The van der Waals surface area contributed by atoms with Crippen molar-refractivity contribution in [3.05, 3.63) is 12.2 Å². The third-order valence-corrected chi connectivity index (χ3v) is 3.75. The van der Waals surface area contributed by atoms with Crippen LogP contribution in [0, 0.1) is 11.8 Å². The number of carbonyl (C=O) groups excluding carboxylic acids is 1. The van der Waals surface area contributed by atoms with Gasteiger partial charge in [0.1, 0.15) is 0 Å². The van der Waals surface area contributed by atoms with Gasteiger partial charge in [0.25, 0.3) is 0 Å². The number of carboxylic acid groups (broad SMARTS) is 1. The van der Waals surface area contributed by atoms with Crippen molar-refractivity contribution in [3.63, 3.8) is 0 Å². The fourth-order valence-electron chi connectivity index (χ4n) is 2.34. The number of urea groups is 1. The van der Waals surface area contributed by atoms with E-state index in [1.54, 1.807) is 12.2 Å². The maximum atomic E-state index is 12.2. The number of aliphatic carboxylic acids is 1. The fraction of sp³-hybridized carbons (Fsp3) is 0.714. The Morgan fingerprint density at radius 1 is 1.37 bits per heavy atom. The van der Waals surface area contributed by atoms with E-state index in [-0.39, 0.29) is 18.1 Å². The van der Waals surface area contributed by atoms with Crippen LogP contribution >= 0.6 is 0 Å². The van der Waals surface area contributed by atoms with Crippen LogP contribution in [-0.2, 0) is 4.79 Å². The van der Waals surface area contributed by atoms with Gasteiger partial charge in [0.15, 0.2) is 0 Å². The van der Waals surface area contributed by atoms with Crippen molar-refractivity contribution in [2.45, 2.75) is 45.2 Å². The van der Waals surface area contributed by atoms with Crippen molar-refractivity contribution in [1.29, 1.82) is 0 Å². The number of carboxylic acids is 1. The quantitative estimate of drug-likeness (QED) is 0.746. The molecule has 1 fully saturated rings. The summed E-state index contributed by atoms with van der Waals surface area (Å²) in [6.07, 6.45) is 6.32. The predicted molar refractivity (Wildman–Crippen MR) is 71.8 cm³/mol. The summed E-state index contributed by atoms with van der Waals surface area (Å²) in [6, 6.07) is -0.0714. The van der Waals surface area contributed by atoms with E-state index in [4.69, 9.17) is 5.11 Å². The summed E-state index contributed by atoms with van der Waals surface area (Å²) in [6.45, 7) is 4.82. The number of rotatable bonds is 5.